The van der Waals surface area contributed by atoms with E-state index in [0.717, 1.165) is 37.4 Å². The van der Waals surface area contributed by atoms with Gasteiger partial charge in [-0.05, 0) is 43.5 Å². The molecule has 1 atom stereocenters. The lowest BCUT2D eigenvalue weighted by Gasteiger charge is -2.19. The minimum Gasteiger partial charge on any atom is -0.385 e. The second kappa shape index (κ2) is 8.51. The molecule has 0 aliphatic rings. The number of methoxy groups -OCH3 is 1. The summed E-state index contributed by atoms with van der Waals surface area (Å²) in [6.45, 7) is 4.02. The van der Waals surface area contributed by atoms with E-state index in [0.29, 0.717) is 6.04 Å². The second-order valence-electron chi connectivity index (χ2n) is 4.20. The van der Waals surface area contributed by atoms with Gasteiger partial charge in [-0.25, -0.2) is 0 Å². The van der Waals surface area contributed by atoms with E-state index in [4.69, 9.17) is 16.3 Å². The number of rotatable bonds is 8. The molecule has 0 spiro atoms. The van der Waals surface area contributed by atoms with Gasteiger partial charge in [-0.1, -0.05) is 30.7 Å². The van der Waals surface area contributed by atoms with Crippen LogP contribution in [0.4, 0.5) is 0 Å². The van der Waals surface area contributed by atoms with Crippen molar-refractivity contribution in [3.63, 3.8) is 0 Å². The number of benzene rings is 1. The number of halogens is 1. The molecule has 2 nitrogen and oxygen atoms in total. The first-order valence-electron chi connectivity index (χ1n) is 6.25. The van der Waals surface area contributed by atoms with Crippen LogP contribution in [-0.4, -0.2) is 20.3 Å². The average molecular weight is 256 g/mol. The van der Waals surface area contributed by atoms with Gasteiger partial charge < -0.3 is 10.1 Å². The zero-order chi connectivity index (χ0) is 12.5. The standard InChI is InChI=1S/C14H22ClNO/c1-3-9-16-14(8-5-10-17-2)12-6-4-7-13(15)11-12/h4,6-7,11,14,16H,3,5,8-10H2,1-2H3. The quantitative estimate of drug-likeness (QED) is 0.714. The van der Waals surface area contributed by atoms with Gasteiger partial charge in [0.05, 0.1) is 0 Å². The summed E-state index contributed by atoms with van der Waals surface area (Å²) in [7, 11) is 1.74. The summed E-state index contributed by atoms with van der Waals surface area (Å²) in [6, 6.07) is 8.48. The minimum atomic E-state index is 0.379. The molecule has 1 N–H and O–H groups in total. The lowest BCUT2D eigenvalue weighted by molar-refractivity contribution is 0.188. The zero-order valence-electron chi connectivity index (χ0n) is 10.7. The van der Waals surface area contributed by atoms with Gasteiger partial charge in [0.1, 0.15) is 0 Å². The number of hydrogen-bond acceptors (Lipinski definition) is 2. The topological polar surface area (TPSA) is 21.3 Å². The molecule has 0 radical (unpaired) electrons. The Kier molecular flexibility index (Phi) is 7.25. The third kappa shape index (κ3) is 5.53. The van der Waals surface area contributed by atoms with Crippen LogP contribution in [0, 0.1) is 0 Å². The average Bonchev–Trinajstić information content (AvgIpc) is 2.33. The maximum absolute atomic E-state index is 6.03. The van der Waals surface area contributed by atoms with Crippen molar-refractivity contribution in [2.75, 3.05) is 20.3 Å². The van der Waals surface area contributed by atoms with Gasteiger partial charge >= 0.3 is 0 Å². The minimum absolute atomic E-state index is 0.379. The fourth-order valence-corrected chi connectivity index (χ4v) is 2.06. The Morgan fingerprint density at radius 2 is 2.24 bits per heavy atom. The fourth-order valence-electron chi connectivity index (χ4n) is 1.86. The molecule has 0 fully saturated rings. The number of nitrogens with one attached hydrogen (secondary N) is 1. The van der Waals surface area contributed by atoms with Crippen LogP contribution in [-0.2, 0) is 4.74 Å². The van der Waals surface area contributed by atoms with Gasteiger partial charge in [0.25, 0.3) is 0 Å². The molecule has 3 heteroatoms. The molecule has 0 heterocycles. The van der Waals surface area contributed by atoms with E-state index in [2.05, 4.69) is 18.3 Å². The van der Waals surface area contributed by atoms with Crippen molar-refractivity contribution >= 4 is 11.6 Å². The second-order valence-corrected chi connectivity index (χ2v) is 4.63. The van der Waals surface area contributed by atoms with Gasteiger partial charge in [-0.15, -0.1) is 0 Å². The molecule has 17 heavy (non-hydrogen) atoms. The molecule has 1 rings (SSSR count). The van der Waals surface area contributed by atoms with Crippen molar-refractivity contribution < 1.29 is 4.74 Å². The first-order valence-corrected chi connectivity index (χ1v) is 6.63. The van der Waals surface area contributed by atoms with Crippen molar-refractivity contribution in [2.45, 2.75) is 32.2 Å². The fraction of sp³-hybridized carbons (Fsp3) is 0.571. The van der Waals surface area contributed by atoms with E-state index in [1.165, 1.54) is 5.56 Å². The maximum atomic E-state index is 6.03. The van der Waals surface area contributed by atoms with E-state index >= 15 is 0 Å². The van der Waals surface area contributed by atoms with Crippen LogP contribution in [0.3, 0.4) is 0 Å². The van der Waals surface area contributed by atoms with E-state index in [-0.39, 0.29) is 0 Å². The Balaban J connectivity index is 2.60. The molecule has 0 aromatic heterocycles. The van der Waals surface area contributed by atoms with E-state index < -0.39 is 0 Å². The first-order chi connectivity index (χ1) is 8.27. The Hall–Kier alpha value is -0.570. The summed E-state index contributed by atoms with van der Waals surface area (Å²) in [5.74, 6) is 0. The third-order valence-electron chi connectivity index (χ3n) is 2.73. The summed E-state index contributed by atoms with van der Waals surface area (Å²) in [5, 5.41) is 4.36. The van der Waals surface area contributed by atoms with Crippen LogP contribution in [0.25, 0.3) is 0 Å². The van der Waals surface area contributed by atoms with Crippen LogP contribution in [0.1, 0.15) is 37.8 Å². The van der Waals surface area contributed by atoms with Crippen molar-refractivity contribution in [3.05, 3.63) is 34.9 Å². The van der Waals surface area contributed by atoms with Crippen LogP contribution >= 0.6 is 11.6 Å². The number of hydrogen-bond donors (Lipinski definition) is 1. The number of ether oxygens (including phenoxy) is 1. The van der Waals surface area contributed by atoms with E-state index in [1.807, 2.05) is 18.2 Å². The molecule has 0 bridgehead atoms. The Morgan fingerprint density at radius 1 is 1.41 bits per heavy atom. The maximum Gasteiger partial charge on any atom is 0.0462 e. The van der Waals surface area contributed by atoms with Crippen molar-refractivity contribution in [1.82, 2.24) is 5.32 Å². The van der Waals surface area contributed by atoms with Crippen LogP contribution in [0.15, 0.2) is 24.3 Å². The Labute approximate surface area is 109 Å². The smallest absolute Gasteiger partial charge is 0.0462 e. The Morgan fingerprint density at radius 3 is 2.88 bits per heavy atom. The van der Waals surface area contributed by atoms with E-state index in [1.54, 1.807) is 7.11 Å². The molecule has 1 aromatic rings. The van der Waals surface area contributed by atoms with Crippen molar-refractivity contribution in [3.8, 4) is 0 Å². The molecule has 0 saturated heterocycles. The lowest BCUT2D eigenvalue weighted by Crippen LogP contribution is -2.22. The molecule has 1 aromatic carbocycles. The summed E-state index contributed by atoms with van der Waals surface area (Å²) in [4.78, 5) is 0. The van der Waals surface area contributed by atoms with Gasteiger partial charge in [-0.2, -0.15) is 0 Å². The highest BCUT2D eigenvalue weighted by atomic mass is 35.5. The third-order valence-corrected chi connectivity index (χ3v) is 2.97. The molecule has 0 aliphatic heterocycles. The summed E-state index contributed by atoms with van der Waals surface area (Å²) in [5.41, 5.74) is 1.27. The molecular weight excluding hydrogens is 234 g/mol. The van der Waals surface area contributed by atoms with Gasteiger partial charge in [0.2, 0.25) is 0 Å². The molecule has 0 amide bonds. The predicted octanol–water partition coefficient (Wildman–Crippen LogP) is 3.81. The largest absolute Gasteiger partial charge is 0.385 e. The molecule has 1 unspecified atom stereocenters. The molecule has 0 aliphatic carbocycles. The SMILES string of the molecule is CCCNC(CCCOC)c1cccc(Cl)c1. The van der Waals surface area contributed by atoms with Gasteiger partial charge in [0, 0.05) is 24.8 Å². The van der Waals surface area contributed by atoms with Crippen molar-refractivity contribution in [2.24, 2.45) is 0 Å². The summed E-state index contributed by atoms with van der Waals surface area (Å²) in [6.07, 6.45) is 3.28. The van der Waals surface area contributed by atoms with Crippen LogP contribution < -0.4 is 5.32 Å². The summed E-state index contributed by atoms with van der Waals surface area (Å²) >= 11 is 6.03. The molecule has 96 valence electrons. The predicted molar refractivity (Wildman–Crippen MR) is 73.6 cm³/mol. The van der Waals surface area contributed by atoms with Crippen molar-refractivity contribution in [1.29, 1.82) is 0 Å². The highest BCUT2D eigenvalue weighted by Gasteiger charge is 2.10. The highest BCUT2D eigenvalue weighted by molar-refractivity contribution is 6.30. The highest BCUT2D eigenvalue weighted by Crippen LogP contribution is 2.21. The first kappa shape index (κ1) is 14.5. The van der Waals surface area contributed by atoms with Crippen LogP contribution in [0.5, 0.6) is 0 Å². The zero-order valence-corrected chi connectivity index (χ0v) is 11.5. The van der Waals surface area contributed by atoms with Gasteiger partial charge in [0.15, 0.2) is 0 Å². The lowest BCUT2D eigenvalue weighted by atomic mass is 10.0. The molecular formula is C14H22ClNO. The summed E-state index contributed by atoms with van der Waals surface area (Å²) < 4.78 is 5.10. The van der Waals surface area contributed by atoms with Gasteiger partial charge in [-0.3, -0.25) is 0 Å². The molecule has 0 saturated carbocycles. The van der Waals surface area contributed by atoms with Crippen LogP contribution in [0.2, 0.25) is 5.02 Å². The Bertz CT molecular complexity index is 317. The monoisotopic (exact) mass is 255 g/mol. The van der Waals surface area contributed by atoms with E-state index in [9.17, 15) is 0 Å². The normalized spacial score (nSPS) is 12.6.